The number of nitrogens with zero attached hydrogens (tertiary/aromatic N) is 1. The Morgan fingerprint density at radius 3 is 2.67 bits per heavy atom. The Labute approximate surface area is 99.4 Å². The summed E-state index contributed by atoms with van der Waals surface area (Å²) in [6, 6.07) is 8.45. The molecule has 0 aliphatic carbocycles. The van der Waals surface area contributed by atoms with E-state index < -0.39 is 0 Å². The molecule has 15 heavy (non-hydrogen) atoms. The Kier molecular flexibility index (Phi) is 4.18. The summed E-state index contributed by atoms with van der Waals surface area (Å²) in [7, 11) is 0. The van der Waals surface area contributed by atoms with Crippen LogP contribution in [0.15, 0.2) is 28.7 Å². The van der Waals surface area contributed by atoms with Crippen molar-refractivity contribution in [1.29, 1.82) is 0 Å². The molecule has 0 radical (unpaired) electrons. The van der Waals surface area contributed by atoms with Gasteiger partial charge in [0.1, 0.15) is 0 Å². The molecule has 1 aliphatic rings. The summed E-state index contributed by atoms with van der Waals surface area (Å²) in [5.41, 5.74) is 1.39. The minimum absolute atomic E-state index is 0.885. The lowest BCUT2D eigenvalue weighted by Crippen LogP contribution is -2.37. The zero-order valence-corrected chi connectivity index (χ0v) is 10.4. The molecule has 0 bridgehead atoms. The summed E-state index contributed by atoms with van der Waals surface area (Å²) in [6.07, 6.45) is 1.11. The third kappa shape index (κ3) is 3.30. The highest BCUT2D eigenvalue weighted by atomic mass is 79.9. The number of rotatable bonds is 3. The van der Waals surface area contributed by atoms with Crippen molar-refractivity contribution in [1.82, 2.24) is 4.90 Å². The Bertz CT molecular complexity index is 310. The van der Waals surface area contributed by atoms with Gasteiger partial charge in [-0.1, -0.05) is 34.1 Å². The Morgan fingerprint density at radius 2 is 1.93 bits per heavy atom. The van der Waals surface area contributed by atoms with Gasteiger partial charge < -0.3 is 4.74 Å². The Hall–Kier alpha value is -0.380. The maximum absolute atomic E-state index is 5.32. The van der Waals surface area contributed by atoms with Gasteiger partial charge in [-0.15, -0.1) is 0 Å². The van der Waals surface area contributed by atoms with Crippen molar-refractivity contribution in [3.05, 3.63) is 34.3 Å². The minimum Gasteiger partial charge on any atom is -0.379 e. The predicted octanol–water partition coefficient (Wildman–Crippen LogP) is 2.32. The quantitative estimate of drug-likeness (QED) is 0.835. The molecule has 0 saturated carbocycles. The molecule has 0 amide bonds. The fraction of sp³-hybridized carbons (Fsp3) is 0.500. The highest BCUT2D eigenvalue weighted by Gasteiger charge is 2.10. The SMILES string of the molecule is Brc1ccccc1CCN1CCOCC1. The summed E-state index contributed by atoms with van der Waals surface area (Å²) in [4.78, 5) is 2.46. The van der Waals surface area contributed by atoms with Crippen LogP contribution in [0.25, 0.3) is 0 Å². The van der Waals surface area contributed by atoms with Gasteiger partial charge in [0, 0.05) is 24.1 Å². The van der Waals surface area contributed by atoms with Crippen molar-refractivity contribution in [3.8, 4) is 0 Å². The van der Waals surface area contributed by atoms with Gasteiger partial charge in [0.15, 0.2) is 0 Å². The summed E-state index contributed by atoms with van der Waals surface area (Å²) < 4.78 is 6.55. The van der Waals surface area contributed by atoms with E-state index in [0.29, 0.717) is 0 Å². The lowest BCUT2D eigenvalue weighted by Gasteiger charge is -2.26. The molecule has 0 unspecified atom stereocenters. The van der Waals surface area contributed by atoms with Gasteiger partial charge in [-0.25, -0.2) is 0 Å². The van der Waals surface area contributed by atoms with Gasteiger partial charge in [0.05, 0.1) is 13.2 Å². The molecule has 3 heteroatoms. The van der Waals surface area contributed by atoms with Crippen LogP contribution in [0.5, 0.6) is 0 Å². The van der Waals surface area contributed by atoms with Crippen LogP contribution in [0.3, 0.4) is 0 Å². The standard InChI is InChI=1S/C12H16BrNO/c13-12-4-2-1-3-11(12)5-6-14-7-9-15-10-8-14/h1-4H,5-10H2. The average molecular weight is 270 g/mol. The fourth-order valence-electron chi connectivity index (χ4n) is 1.80. The van der Waals surface area contributed by atoms with Gasteiger partial charge >= 0.3 is 0 Å². The van der Waals surface area contributed by atoms with E-state index in [1.54, 1.807) is 0 Å². The van der Waals surface area contributed by atoms with Crippen molar-refractivity contribution in [2.45, 2.75) is 6.42 Å². The third-order valence-corrected chi connectivity index (χ3v) is 3.53. The first-order valence-corrected chi connectivity index (χ1v) is 6.19. The number of halogens is 1. The highest BCUT2D eigenvalue weighted by molar-refractivity contribution is 9.10. The largest absolute Gasteiger partial charge is 0.379 e. The van der Waals surface area contributed by atoms with E-state index in [0.717, 1.165) is 39.3 Å². The van der Waals surface area contributed by atoms with Crippen LogP contribution in [0.2, 0.25) is 0 Å². The van der Waals surface area contributed by atoms with E-state index in [1.165, 1.54) is 10.0 Å². The lowest BCUT2D eigenvalue weighted by molar-refractivity contribution is 0.0384. The van der Waals surface area contributed by atoms with E-state index >= 15 is 0 Å². The minimum atomic E-state index is 0.885. The number of morpholine rings is 1. The van der Waals surface area contributed by atoms with Crippen LogP contribution in [0.4, 0.5) is 0 Å². The second-order valence-corrected chi connectivity index (χ2v) is 4.65. The number of hydrogen-bond acceptors (Lipinski definition) is 2. The molecule has 0 spiro atoms. The van der Waals surface area contributed by atoms with E-state index in [-0.39, 0.29) is 0 Å². The monoisotopic (exact) mass is 269 g/mol. The normalized spacial score (nSPS) is 17.9. The van der Waals surface area contributed by atoms with Gasteiger partial charge in [-0.3, -0.25) is 4.90 Å². The topological polar surface area (TPSA) is 12.5 Å². The number of ether oxygens (including phenoxy) is 1. The molecule has 2 rings (SSSR count). The predicted molar refractivity (Wildman–Crippen MR) is 65.1 cm³/mol. The van der Waals surface area contributed by atoms with Crippen molar-refractivity contribution >= 4 is 15.9 Å². The third-order valence-electron chi connectivity index (χ3n) is 2.76. The zero-order valence-electron chi connectivity index (χ0n) is 8.79. The zero-order chi connectivity index (χ0) is 10.5. The van der Waals surface area contributed by atoms with Gasteiger partial charge in [-0.05, 0) is 18.1 Å². The van der Waals surface area contributed by atoms with Crippen LogP contribution in [0.1, 0.15) is 5.56 Å². The van der Waals surface area contributed by atoms with Crippen LogP contribution >= 0.6 is 15.9 Å². The molecule has 2 nitrogen and oxygen atoms in total. The Morgan fingerprint density at radius 1 is 1.20 bits per heavy atom. The van der Waals surface area contributed by atoms with E-state index in [1.807, 2.05) is 0 Å². The summed E-state index contributed by atoms with van der Waals surface area (Å²) in [6.45, 7) is 5.05. The fourth-order valence-corrected chi connectivity index (χ4v) is 2.29. The first kappa shape index (κ1) is 11.1. The average Bonchev–Trinajstić information content (AvgIpc) is 2.29. The van der Waals surface area contributed by atoms with Gasteiger partial charge in [0.2, 0.25) is 0 Å². The molecule has 0 aromatic heterocycles. The van der Waals surface area contributed by atoms with Crippen molar-refractivity contribution in [2.24, 2.45) is 0 Å². The van der Waals surface area contributed by atoms with Gasteiger partial charge in [0.25, 0.3) is 0 Å². The van der Waals surface area contributed by atoms with Crippen LogP contribution in [-0.2, 0) is 11.2 Å². The molecule has 1 aromatic carbocycles. The smallest absolute Gasteiger partial charge is 0.0594 e. The molecule has 1 aromatic rings. The molecule has 0 atom stereocenters. The van der Waals surface area contributed by atoms with E-state index in [2.05, 4.69) is 45.1 Å². The van der Waals surface area contributed by atoms with E-state index in [4.69, 9.17) is 4.74 Å². The van der Waals surface area contributed by atoms with Crippen molar-refractivity contribution < 1.29 is 4.74 Å². The maximum Gasteiger partial charge on any atom is 0.0594 e. The number of hydrogen-bond donors (Lipinski definition) is 0. The molecule has 1 fully saturated rings. The summed E-state index contributed by atoms with van der Waals surface area (Å²) in [5.74, 6) is 0. The molecular weight excluding hydrogens is 254 g/mol. The first-order valence-electron chi connectivity index (χ1n) is 5.40. The Balaban J connectivity index is 1.84. The van der Waals surface area contributed by atoms with Gasteiger partial charge in [-0.2, -0.15) is 0 Å². The molecular formula is C12H16BrNO. The molecule has 1 saturated heterocycles. The summed E-state index contributed by atoms with van der Waals surface area (Å²) >= 11 is 3.58. The highest BCUT2D eigenvalue weighted by Crippen LogP contribution is 2.16. The van der Waals surface area contributed by atoms with Crippen molar-refractivity contribution in [3.63, 3.8) is 0 Å². The van der Waals surface area contributed by atoms with E-state index in [9.17, 15) is 0 Å². The summed E-state index contributed by atoms with van der Waals surface area (Å²) in [5, 5.41) is 0. The maximum atomic E-state index is 5.32. The molecule has 1 heterocycles. The van der Waals surface area contributed by atoms with Crippen LogP contribution < -0.4 is 0 Å². The molecule has 82 valence electrons. The van der Waals surface area contributed by atoms with Crippen LogP contribution in [-0.4, -0.2) is 37.7 Å². The second kappa shape index (κ2) is 5.64. The first-order chi connectivity index (χ1) is 7.36. The van der Waals surface area contributed by atoms with Crippen molar-refractivity contribution in [2.75, 3.05) is 32.8 Å². The second-order valence-electron chi connectivity index (χ2n) is 3.80. The molecule has 0 N–H and O–H groups in total. The van der Waals surface area contributed by atoms with Crippen LogP contribution in [0, 0.1) is 0 Å². The lowest BCUT2D eigenvalue weighted by atomic mass is 10.1. The number of benzene rings is 1. The molecule has 1 aliphatic heterocycles.